The average molecular weight is 265 g/mol. The second-order valence-electron chi connectivity index (χ2n) is 5.23. The van der Waals surface area contributed by atoms with Gasteiger partial charge in [0.15, 0.2) is 0 Å². The second kappa shape index (κ2) is 4.30. The van der Waals surface area contributed by atoms with E-state index in [-0.39, 0.29) is 11.8 Å². The number of rotatable bonds is 1. The van der Waals surface area contributed by atoms with E-state index in [9.17, 15) is 9.59 Å². The largest absolute Gasteiger partial charge is 0.268 e. The van der Waals surface area contributed by atoms with Crippen LogP contribution in [0.2, 0.25) is 0 Å². The first-order valence-electron chi connectivity index (χ1n) is 6.56. The molecule has 0 aromatic heterocycles. The maximum Gasteiger partial charge on any atom is 0.266 e. The van der Waals surface area contributed by atoms with Crippen LogP contribution >= 0.6 is 0 Å². The van der Waals surface area contributed by atoms with E-state index in [4.69, 9.17) is 0 Å². The summed E-state index contributed by atoms with van der Waals surface area (Å²) in [7, 11) is 0. The summed E-state index contributed by atoms with van der Waals surface area (Å²) in [5.74, 6) is -0.454. The van der Waals surface area contributed by atoms with E-state index in [2.05, 4.69) is 0 Å². The maximum absolute atomic E-state index is 12.6. The lowest BCUT2D eigenvalue weighted by atomic mass is 9.99. The molecule has 3 nitrogen and oxygen atoms in total. The smallest absolute Gasteiger partial charge is 0.266 e. The zero-order chi connectivity index (χ0) is 14.4. The lowest BCUT2D eigenvalue weighted by molar-refractivity contribution is 0.0926. The Morgan fingerprint density at radius 2 is 1.15 bits per heavy atom. The average Bonchev–Trinajstić information content (AvgIpc) is 2.69. The Balaban J connectivity index is 2.17. The normalized spacial score (nSPS) is 13.8. The fourth-order valence-corrected chi connectivity index (χ4v) is 2.61. The van der Waals surface area contributed by atoms with E-state index < -0.39 is 0 Å². The molecule has 3 heteroatoms. The number of carbonyl (C=O) groups is 2. The van der Waals surface area contributed by atoms with E-state index in [0.717, 1.165) is 16.7 Å². The lowest BCUT2D eigenvalue weighted by Gasteiger charge is -2.14. The number of benzene rings is 2. The third kappa shape index (κ3) is 1.67. The van der Waals surface area contributed by atoms with Gasteiger partial charge in [-0.25, -0.2) is 4.90 Å². The molecule has 0 unspecified atom stereocenters. The van der Waals surface area contributed by atoms with Crippen LogP contribution in [0.5, 0.6) is 0 Å². The Kier molecular flexibility index (Phi) is 2.71. The number of hydrogen-bond acceptors (Lipinski definition) is 2. The van der Waals surface area contributed by atoms with Gasteiger partial charge in [-0.2, -0.15) is 0 Å². The minimum Gasteiger partial charge on any atom is -0.268 e. The van der Waals surface area contributed by atoms with Crippen molar-refractivity contribution in [2.75, 3.05) is 4.90 Å². The predicted octanol–water partition coefficient (Wildman–Crippen LogP) is 3.41. The van der Waals surface area contributed by atoms with E-state index in [1.807, 2.05) is 57.2 Å². The van der Waals surface area contributed by atoms with Gasteiger partial charge in [-0.1, -0.05) is 29.8 Å². The Bertz CT molecular complexity index is 688. The Labute approximate surface area is 117 Å². The number of aryl methyl sites for hydroxylation is 3. The van der Waals surface area contributed by atoms with E-state index >= 15 is 0 Å². The van der Waals surface area contributed by atoms with Crippen LogP contribution in [0.15, 0.2) is 36.4 Å². The molecule has 0 aliphatic carbocycles. The highest BCUT2D eigenvalue weighted by Gasteiger charge is 2.38. The number of imide groups is 1. The van der Waals surface area contributed by atoms with Crippen LogP contribution < -0.4 is 4.90 Å². The highest BCUT2D eigenvalue weighted by atomic mass is 16.2. The van der Waals surface area contributed by atoms with E-state index in [1.165, 1.54) is 4.90 Å². The number of nitrogens with zero attached hydrogens (tertiary/aromatic N) is 1. The van der Waals surface area contributed by atoms with Gasteiger partial charge < -0.3 is 0 Å². The SMILES string of the molecule is Cc1ccc(N2C(=O)c3c(C)ccc(C)c3C2=O)cc1. The molecule has 1 aliphatic heterocycles. The van der Waals surface area contributed by atoms with E-state index in [0.29, 0.717) is 16.8 Å². The topological polar surface area (TPSA) is 37.4 Å². The Morgan fingerprint density at radius 3 is 1.60 bits per heavy atom. The highest BCUT2D eigenvalue weighted by Crippen LogP contribution is 2.32. The van der Waals surface area contributed by atoms with Crippen LogP contribution in [-0.4, -0.2) is 11.8 Å². The molecule has 0 atom stereocenters. The molecular formula is C17H15NO2. The van der Waals surface area contributed by atoms with Crippen molar-refractivity contribution < 1.29 is 9.59 Å². The molecule has 20 heavy (non-hydrogen) atoms. The van der Waals surface area contributed by atoms with Gasteiger partial charge in [-0.05, 0) is 44.0 Å². The van der Waals surface area contributed by atoms with Crippen LogP contribution in [0.4, 0.5) is 5.69 Å². The Hall–Kier alpha value is -2.42. The monoisotopic (exact) mass is 265 g/mol. The van der Waals surface area contributed by atoms with Crippen molar-refractivity contribution in [1.82, 2.24) is 0 Å². The summed E-state index contributed by atoms with van der Waals surface area (Å²) in [5.41, 5.74) is 4.49. The van der Waals surface area contributed by atoms with Gasteiger partial charge in [0.1, 0.15) is 0 Å². The van der Waals surface area contributed by atoms with Crippen LogP contribution in [0.25, 0.3) is 0 Å². The molecule has 0 saturated heterocycles. The molecule has 0 saturated carbocycles. The van der Waals surface area contributed by atoms with Crippen molar-refractivity contribution in [1.29, 1.82) is 0 Å². The lowest BCUT2D eigenvalue weighted by Crippen LogP contribution is -2.29. The molecule has 100 valence electrons. The molecule has 1 heterocycles. The fourth-order valence-electron chi connectivity index (χ4n) is 2.61. The summed E-state index contributed by atoms with van der Waals surface area (Å²) >= 11 is 0. The first-order valence-corrected chi connectivity index (χ1v) is 6.56. The quantitative estimate of drug-likeness (QED) is 0.741. The summed E-state index contributed by atoms with van der Waals surface area (Å²) < 4.78 is 0. The molecule has 0 spiro atoms. The van der Waals surface area contributed by atoms with Crippen molar-refractivity contribution >= 4 is 17.5 Å². The zero-order valence-electron chi connectivity index (χ0n) is 11.7. The summed E-state index contributed by atoms with van der Waals surface area (Å²) in [6, 6.07) is 11.2. The van der Waals surface area contributed by atoms with Gasteiger partial charge in [-0.3, -0.25) is 9.59 Å². The zero-order valence-corrected chi connectivity index (χ0v) is 11.7. The first-order chi connectivity index (χ1) is 9.50. The second-order valence-corrected chi connectivity index (χ2v) is 5.23. The molecule has 2 amide bonds. The summed E-state index contributed by atoms with van der Waals surface area (Å²) in [6.45, 7) is 5.70. The standard InChI is InChI=1S/C17H15NO2/c1-10-4-8-13(9-5-10)18-16(19)14-11(2)6-7-12(3)15(14)17(18)20/h4-9H,1-3H3. The van der Waals surface area contributed by atoms with Gasteiger partial charge >= 0.3 is 0 Å². The molecule has 0 N–H and O–H groups in total. The molecular weight excluding hydrogens is 250 g/mol. The molecule has 2 aromatic carbocycles. The first kappa shape index (κ1) is 12.6. The summed E-state index contributed by atoms with van der Waals surface area (Å²) in [4.78, 5) is 26.4. The third-order valence-corrected chi connectivity index (χ3v) is 3.75. The number of hydrogen-bond donors (Lipinski definition) is 0. The van der Waals surface area contributed by atoms with Gasteiger partial charge in [-0.15, -0.1) is 0 Å². The van der Waals surface area contributed by atoms with Gasteiger partial charge in [0.2, 0.25) is 0 Å². The Morgan fingerprint density at radius 1 is 0.700 bits per heavy atom. The molecule has 0 fully saturated rings. The third-order valence-electron chi connectivity index (χ3n) is 3.75. The predicted molar refractivity (Wildman–Crippen MR) is 78.2 cm³/mol. The van der Waals surface area contributed by atoms with Crippen molar-refractivity contribution in [3.63, 3.8) is 0 Å². The van der Waals surface area contributed by atoms with Crippen molar-refractivity contribution in [3.8, 4) is 0 Å². The minimum absolute atomic E-state index is 0.227. The van der Waals surface area contributed by atoms with Crippen molar-refractivity contribution in [3.05, 3.63) is 64.2 Å². The molecule has 1 aliphatic rings. The fraction of sp³-hybridized carbons (Fsp3) is 0.176. The van der Waals surface area contributed by atoms with Crippen molar-refractivity contribution in [2.24, 2.45) is 0 Å². The van der Waals surface area contributed by atoms with Crippen molar-refractivity contribution in [2.45, 2.75) is 20.8 Å². The van der Waals surface area contributed by atoms with Crippen LogP contribution in [0, 0.1) is 20.8 Å². The molecule has 0 radical (unpaired) electrons. The summed E-state index contributed by atoms with van der Waals surface area (Å²) in [5, 5.41) is 0. The highest BCUT2D eigenvalue weighted by molar-refractivity contribution is 6.35. The number of carbonyl (C=O) groups excluding carboxylic acids is 2. The maximum atomic E-state index is 12.6. The number of anilines is 1. The van der Waals surface area contributed by atoms with Crippen LogP contribution in [-0.2, 0) is 0 Å². The van der Waals surface area contributed by atoms with Gasteiger partial charge in [0, 0.05) is 0 Å². The van der Waals surface area contributed by atoms with E-state index in [1.54, 1.807) is 0 Å². The van der Waals surface area contributed by atoms with Crippen LogP contribution in [0.1, 0.15) is 37.4 Å². The molecule has 2 aromatic rings. The molecule has 0 bridgehead atoms. The number of amides is 2. The van der Waals surface area contributed by atoms with Crippen LogP contribution in [0.3, 0.4) is 0 Å². The minimum atomic E-state index is -0.227. The molecule has 3 rings (SSSR count). The number of fused-ring (bicyclic) bond motifs is 1. The van der Waals surface area contributed by atoms with Gasteiger partial charge in [0.05, 0.1) is 16.8 Å². The van der Waals surface area contributed by atoms with Gasteiger partial charge in [0.25, 0.3) is 11.8 Å². The summed E-state index contributed by atoms with van der Waals surface area (Å²) in [6.07, 6.45) is 0.